The molecule has 148 valence electrons. The molecule has 0 aliphatic heterocycles. The van der Waals surface area contributed by atoms with E-state index in [-0.39, 0.29) is 12.9 Å². The van der Waals surface area contributed by atoms with Crippen molar-refractivity contribution in [2.75, 3.05) is 0 Å². The summed E-state index contributed by atoms with van der Waals surface area (Å²) in [5.74, 6) is 4.97. The molecule has 3 aromatic rings. The Morgan fingerprint density at radius 2 is 2.07 bits per heavy atom. The zero-order chi connectivity index (χ0) is 19.9. The number of H-pyrrole nitrogens is 1. The Balaban J connectivity index is 0.000000209. The lowest BCUT2D eigenvalue weighted by molar-refractivity contribution is -0.116. The van der Waals surface area contributed by atoms with Gasteiger partial charge in [-0.2, -0.15) is 10.2 Å². The number of carbonyl (C=O) groups excluding carboxylic acids is 1. The maximum absolute atomic E-state index is 11.7. The van der Waals surface area contributed by atoms with Gasteiger partial charge in [-0.05, 0) is 31.8 Å². The molecule has 0 bridgehead atoms. The lowest BCUT2D eigenvalue weighted by Gasteiger charge is -2.21. The van der Waals surface area contributed by atoms with E-state index in [9.17, 15) is 9.59 Å². The summed E-state index contributed by atoms with van der Waals surface area (Å²) in [6.07, 6.45) is 12.9. The van der Waals surface area contributed by atoms with E-state index in [0.717, 1.165) is 18.4 Å². The van der Waals surface area contributed by atoms with Crippen molar-refractivity contribution in [3.8, 4) is 23.1 Å². The Morgan fingerprint density at radius 1 is 1.29 bits per heavy atom. The van der Waals surface area contributed by atoms with E-state index in [1.54, 1.807) is 40.8 Å². The highest BCUT2D eigenvalue weighted by molar-refractivity contribution is 5.93. The van der Waals surface area contributed by atoms with E-state index < -0.39 is 0 Å². The van der Waals surface area contributed by atoms with Crippen LogP contribution in [-0.4, -0.2) is 36.3 Å². The molecule has 3 heterocycles. The molecule has 1 amide bonds. The molecule has 28 heavy (non-hydrogen) atoms. The van der Waals surface area contributed by atoms with Crippen molar-refractivity contribution in [3.63, 3.8) is 0 Å². The highest BCUT2D eigenvalue weighted by atomic mass is 16.1. The highest BCUT2D eigenvalue weighted by Gasteiger charge is 2.14. The summed E-state index contributed by atoms with van der Waals surface area (Å²) in [5.41, 5.74) is 1.94. The number of fused-ring (bicyclic) bond motifs is 1. The van der Waals surface area contributed by atoms with Gasteiger partial charge >= 0.3 is 0 Å². The molecular weight excluding hydrogens is 356 g/mol. The van der Waals surface area contributed by atoms with Gasteiger partial charge in [0.1, 0.15) is 5.52 Å². The van der Waals surface area contributed by atoms with Crippen LogP contribution in [0.1, 0.15) is 40.5 Å². The number of nitrogens with zero attached hydrogens (tertiary/aromatic N) is 4. The predicted molar refractivity (Wildman–Crippen MR) is 109 cm³/mol. The van der Waals surface area contributed by atoms with Crippen molar-refractivity contribution in [2.24, 2.45) is 7.05 Å². The van der Waals surface area contributed by atoms with E-state index in [1.807, 2.05) is 13.2 Å². The second-order valence-corrected chi connectivity index (χ2v) is 6.74. The molecule has 1 aliphatic carbocycles. The number of carbonyl (C=O) groups is 1. The molecule has 0 atom stereocenters. The van der Waals surface area contributed by atoms with Crippen LogP contribution in [0.15, 0.2) is 35.6 Å². The summed E-state index contributed by atoms with van der Waals surface area (Å²) in [4.78, 5) is 25.5. The molecule has 0 spiro atoms. The normalized spacial score (nSPS) is 13.9. The average Bonchev–Trinajstić information content (AvgIpc) is 3.32. The quantitative estimate of drug-likeness (QED) is 0.664. The molecule has 1 saturated carbocycles. The second-order valence-electron chi connectivity index (χ2n) is 6.74. The van der Waals surface area contributed by atoms with Crippen LogP contribution >= 0.6 is 0 Å². The van der Waals surface area contributed by atoms with Crippen LogP contribution in [0.5, 0.6) is 0 Å². The van der Waals surface area contributed by atoms with Gasteiger partial charge in [0.05, 0.1) is 24.3 Å². The maximum Gasteiger partial charge on any atom is 0.296 e. The number of amides is 1. The first kappa shape index (κ1) is 19.4. The minimum absolute atomic E-state index is 0. The number of hydrogen-bond donors (Lipinski definition) is 2. The van der Waals surface area contributed by atoms with Gasteiger partial charge < -0.3 is 10.3 Å². The van der Waals surface area contributed by atoms with Crippen LogP contribution in [0.4, 0.5) is 0 Å². The summed E-state index contributed by atoms with van der Waals surface area (Å²) in [6, 6.07) is 2.05. The summed E-state index contributed by atoms with van der Waals surface area (Å²) < 4.78 is 3.24. The number of aromatic nitrogens is 5. The van der Waals surface area contributed by atoms with Crippen LogP contribution in [-0.2, 0) is 11.8 Å². The zero-order valence-electron chi connectivity index (χ0n) is 16.1. The molecule has 1 fully saturated rings. The smallest absolute Gasteiger partial charge is 0.296 e. The Hall–Kier alpha value is -3.34. The van der Waals surface area contributed by atoms with Gasteiger partial charge in [-0.25, -0.2) is 4.52 Å². The van der Waals surface area contributed by atoms with E-state index in [2.05, 4.69) is 32.3 Å². The first-order chi connectivity index (χ1) is 13.6. The number of aryl methyl sites for hydroxylation is 1. The Morgan fingerprint density at radius 3 is 2.75 bits per heavy atom. The third-order valence-electron chi connectivity index (χ3n) is 4.60. The van der Waals surface area contributed by atoms with Gasteiger partial charge in [-0.3, -0.25) is 14.3 Å². The van der Waals surface area contributed by atoms with Gasteiger partial charge in [-0.15, -0.1) is 0 Å². The van der Waals surface area contributed by atoms with Crippen LogP contribution in [0, 0.1) is 11.8 Å². The van der Waals surface area contributed by atoms with Crippen molar-refractivity contribution < 1.29 is 6.22 Å². The fourth-order valence-electron chi connectivity index (χ4n) is 3.23. The fraction of sp³-hybridized carbons (Fsp3) is 0.400. The van der Waals surface area contributed by atoms with Crippen molar-refractivity contribution in [1.29, 1.82) is 0 Å². The molecule has 0 saturated heterocycles. The number of hydrogen-bond acceptors (Lipinski definition) is 4. The Kier molecular flexibility index (Phi) is 6.27. The highest BCUT2D eigenvalue weighted by Crippen LogP contribution is 2.17. The van der Waals surface area contributed by atoms with Crippen molar-refractivity contribution in [3.05, 3.63) is 41.2 Å². The summed E-state index contributed by atoms with van der Waals surface area (Å²) >= 11 is 0. The monoisotopic (exact) mass is 382 g/mol. The van der Waals surface area contributed by atoms with Crippen LogP contribution < -0.4 is 10.9 Å². The van der Waals surface area contributed by atoms with Gasteiger partial charge in [-0.1, -0.05) is 25.2 Å². The lowest BCUT2D eigenvalue weighted by Crippen LogP contribution is -2.35. The molecule has 1 aliphatic rings. The topological polar surface area (TPSA) is 97.1 Å². The van der Waals surface area contributed by atoms with E-state index >= 15 is 0 Å². The van der Waals surface area contributed by atoms with Crippen molar-refractivity contribution in [1.82, 2.24) is 29.7 Å². The molecule has 2 N–H and O–H groups in total. The van der Waals surface area contributed by atoms with E-state index in [1.165, 1.54) is 19.3 Å². The van der Waals surface area contributed by atoms with Gasteiger partial charge in [0.2, 0.25) is 0 Å². The standard InChI is InChI=1S/C10H9N5O.C10H15NO.H2/c1-14-5-7(4-12-14)8-6-15-9(2-3-11-15)10(16)13-8;1-2-6-10(12)11-9-7-4-3-5-8-9;/h2-6H,1H3,(H,13,16);9H,3-5,7-8H2,1H3,(H,11,12);1H. The minimum atomic E-state index is -0.154. The third kappa shape index (κ3) is 4.88. The number of rotatable bonds is 2. The molecule has 0 unspecified atom stereocenters. The average molecular weight is 382 g/mol. The maximum atomic E-state index is 11.7. The van der Waals surface area contributed by atoms with Crippen LogP contribution in [0.25, 0.3) is 16.8 Å². The predicted octanol–water partition coefficient (Wildman–Crippen LogP) is 2.13. The van der Waals surface area contributed by atoms with Crippen molar-refractivity contribution in [2.45, 2.75) is 45.1 Å². The molecule has 4 rings (SSSR count). The molecule has 3 aromatic heterocycles. The van der Waals surface area contributed by atoms with Crippen molar-refractivity contribution >= 4 is 11.4 Å². The Labute approximate surface area is 164 Å². The van der Waals surface area contributed by atoms with Crippen LogP contribution in [0.3, 0.4) is 0 Å². The zero-order valence-corrected chi connectivity index (χ0v) is 16.1. The van der Waals surface area contributed by atoms with Gasteiger partial charge in [0.25, 0.3) is 11.5 Å². The number of aromatic amines is 1. The lowest BCUT2D eigenvalue weighted by atomic mass is 9.95. The third-order valence-corrected chi connectivity index (χ3v) is 4.60. The largest absolute Gasteiger partial charge is 0.343 e. The first-order valence-corrected chi connectivity index (χ1v) is 9.36. The fourth-order valence-corrected chi connectivity index (χ4v) is 3.23. The summed E-state index contributed by atoms with van der Waals surface area (Å²) in [6.45, 7) is 1.68. The minimum Gasteiger partial charge on any atom is -0.343 e. The van der Waals surface area contributed by atoms with Crippen LogP contribution in [0.2, 0.25) is 0 Å². The second kappa shape index (κ2) is 9.04. The molecule has 8 nitrogen and oxygen atoms in total. The molecule has 8 heteroatoms. The SMILES string of the molecule is CC#CC(=O)NC1CCCCC1.Cn1cc(-c2cn3nccc3c(=O)[nH]2)cn1.[HH]. The molecule has 0 aromatic carbocycles. The first-order valence-electron chi connectivity index (χ1n) is 9.36. The summed E-state index contributed by atoms with van der Waals surface area (Å²) in [7, 11) is 1.83. The number of nitrogens with one attached hydrogen (secondary N) is 2. The van der Waals surface area contributed by atoms with E-state index in [4.69, 9.17) is 0 Å². The van der Waals surface area contributed by atoms with Gasteiger partial charge in [0, 0.05) is 26.3 Å². The van der Waals surface area contributed by atoms with E-state index in [0.29, 0.717) is 17.3 Å². The summed E-state index contributed by atoms with van der Waals surface area (Å²) in [5, 5.41) is 11.0. The molecule has 0 radical (unpaired) electrons. The Bertz CT molecular complexity index is 1070. The van der Waals surface area contributed by atoms with Gasteiger partial charge in [0.15, 0.2) is 0 Å². The molecular formula is C20H26N6O2.